The number of anilines is 1. The molecule has 26 heavy (non-hydrogen) atoms. The molecule has 1 aromatic heterocycles. The molecule has 3 aromatic rings. The standard InChI is InChI=1S/C18H18N6O2/c1-20-15(25)10-26-14-9-5-2-6-11(14)16-22-17(19)23-18-21-12-7-3-4-8-13(12)24(16)18/h2-9,16H,10H2,1H3,(H,20,25)(H3,19,21,22,23). The smallest absolute Gasteiger partial charge is 0.257 e. The Morgan fingerprint density at radius 3 is 2.88 bits per heavy atom. The number of benzene rings is 2. The topological polar surface area (TPSA) is 107 Å². The highest BCUT2D eigenvalue weighted by molar-refractivity contribution is 5.94. The third-order valence-corrected chi connectivity index (χ3v) is 4.18. The van der Waals surface area contributed by atoms with Gasteiger partial charge in [0, 0.05) is 12.6 Å². The summed E-state index contributed by atoms with van der Waals surface area (Å²) in [6.07, 6.45) is -0.445. The SMILES string of the molecule is CNC(=O)COc1ccccc1C1N=C(N)Nc2nc3ccccc3n21. The number of guanidine groups is 1. The summed E-state index contributed by atoms with van der Waals surface area (Å²) in [7, 11) is 1.57. The van der Waals surface area contributed by atoms with E-state index in [9.17, 15) is 4.79 Å². The number of aromatic nitrogens is 2. The van der Waals surface area contributed by atoms with Crippen molar-refractivity contribution in [2.45, 2.75) is 6.17 Å². The summed E-state index contributed by atoms with van der Waals surface area (Å²) in [6.45, 7) is -0.0742. The maximum Gasteiger partial charge on any atom is 0.257 e. The summed E-state index contributed by atoms with van der Waals surface area (Å²) in [5.74, 6) is 1.26. The molecule has 0 radical (unpaired) electrons. The number of hydrogen-bond acceptors (Lipinski definition) is 6. The van der Waals surface area contributed by atoms with Crippen molar-refractivity contribution in [2.24, 2.45) is 10.7 Å². The molecule has 1 unspecified atom stereocenters. The lowest BCUT2D eigenvalue weighted by atomic mass is 10.1. The molecule has 8 heteroatoms. The van der Waals surface area contributed by atoms with Gasteiger partial charge >= 0.3 is 0 Å². The molecule has 2 heterocycles. The van der Waals surface area contributed by atoms with Crippen molar-refractivity contribution in [3.63, 3.8) is 0 Å². The first kappa shape index (κ1) is 15.9. The Hall–Kier alpha value is -3.55. The Kier molecular flexibility index (Phi) is 3.92. The number of carbonyl (C=O) groups excluding carboxylic acids is 1. The minimum atomic E-state index is -0.445. The summed E-state index contributed by atoms with van der Waals surface area (Å²) in [5, 5.41) is 5.54. The molecule has 2 aromatic carbocycles. The van der Waals surface area contributed by atoms with Gasteiger partial charge in [-0.05, 0) is 18.2 Å². The summed E-state index contributed by atoms with van der Waals surface area (Å²) in [4.78, 5) is 20.7. The van der Waals surface area contributed by atoms with Crippen LogP contribution in [0.3, 0.4) is 0 Å². The molecule has 0 bridgehead atoms. The van der Waals surface area contributed by atoms with Gasteiger partial charge < -0.3 is 15.8 Å². The summed E-state index contributed by atoms with van der Waals surface area (Å²) in [5.41, 5.74) is 8.54. The van der Waals surface area contributed by atoms with Crippen molar-refractivity contribution >= 4 is 28.8 Å². The number of fused-ring (bicyclic) bond motifs is 3. The highest BCUT2D eigenvalue weighted by Crippen LogP contribution is 2.36. The number of rotatable bonds is 4. The summed E-state index contributed by atoms with van der Waals surface area (Å²) >= 11 is 0. The third-order valence-electron chi connectivity index (χ3n) is 4.18. The van der Waals surface area contributed by atoms with E-state index >= 15 is 0 Å². The number of ether oxygens (including phenoxy) is 1. The van der Waals surface area contributed by atoms with Crippen LogP contribution in [0.4, 0.5) is 5.95 Å². The van der Waals surface area contributed by atoms with Gasteiger partial charge in [-0.25, -0.2) is 9.98 Å². The number of likely N-dealkylation sites (N-methyl/N-ethyl adjacent to an activating group) is 1. The van der Waals surface area contributed by atoms with Crippen LogP contribution in [-0.2, 0) is 4.79 Å². The van der Waals surface area contributed by atoms with Crippen LogP contribution in [0.15, 0.2) is 53.5 Å². The number of nitrogens with one attached hydrogen (secondary N) is 2. The van der Waals surface area contributed by atoms with E-state index in [1.54, 1.807) is 7.05 Å². The van der Waals surface area contributed by atoms with Crippen LogP contribution in [-0.4, -0.2) is 35.1 Å². The molecule has 1 aliphatic rings. The number of imidazole rings is 1. The molecule has 0 fully saturated rings. The Labute approximate surface area is 149 Å². The number of hydrogen-bond donors (Lipinski definition) is 3. The van der Waals surface area contributed by atoms with Crippen LogP contribution < -0.4 is 21.1 Å². The van der Waals surface area contributed by atoms with Gasteiger partial charge in [0.25, 0.3) is 5.91 Å². The number of carbonyl (C=O) groups is 1. The Morgan fingerprint density at radius 1 is 1.27 bits per heavy atom. The first-order valence-electron chi connectivity index (χ1n) is 8.17. The Balaban J connectivity index is 1.81. The van der Waals surface area contributed by atoms with Gasteiger partial charge in [-0.15, -0.1) is 0 Å². The molecule has 132 valence electrons. The van der Waals surface area contributed by atoms with Gasteiger partial charge in [0.05, 0.1) is 11.0 Å². The van der Waals surface area contributed by atoms with Crippen LogP contribution in [0, 0.1) is 0 Å². The second kappa shape index (κ2) is 6.40. The van der Waals surface area contributed by atoms with Gasteiger partial charge in [0.2, 0.25) is 5.95 Å². The lowest BCUT2D eigenvalue weighted by Crippen LogP contribution is -2.32. The maximum atomic E-state index is 11.5. The fraction of sp³-hybridized carbons (Fsp3) is 0.167. The zero-order valence-corrected chi connectivity index (χ0v) is 14.1. The largest absolute Gasteiger partial charge is 0.483 e. The van der Waals surface area contributed by atoms with E-state index in [4.69, 9.17) is 10.5 Å². The third kappa shape index (κ3) is 2.71. The fourth-order valence-electron chi connectivity index (χ4n) is 2.97. The van der Waals surface area contributed by atoms with Crippen molar-refractivity contribution in [1.82, 2.24) is 14.9 Å². The molecule has 8 nitrogen and oxygen atoms in total. The van der Waals surface area contributed by atoms with E-state index in [0.717, 1.165) is 16.6 Å². The number of aliphatic imine (C=N–C) groups is 1. The van der Waals surface area contributed by atoms with E-state index in [1.165, 1.54) is 0 Å². The molecule has 4 rings (SSSR count). The number of amides is 1. The second-order valence-electron chi connectivity index (χ2n) is 5.81. The average molecular weight is 350 g/mol. The van der Waals surface area contributed by atoms with Crippen LogP contribution >= 0.6 is 0 Å². The van der Waals surface area contributed by atoms with Crippen LogP contribution in [0.1, 0.15) is 11.7 Å². The van der Waals surface area contributed by atoms with E-state index < -0.39 is 6.17 Å². The van der Waals surface area contributed by atoms with Crippen molar-refractivity contribution in [1.29, 1.82) is 0 Å². The molecule has 1 atom stereocenters. The highest BCUT2D eigenvalue weighted by atomic mass is 16.5. The number of para-hydroxylation sites is 3. The van der Waals surface area contributed by atoms with E-state index in [0.29, 0.717) is 11.7 Å². The van der Waals surface area contributed by atoms with Crippen LogP contribution in [0.25, 0.3) is 11.0 Å². The molecule has 0 spiro atoms. The van der Waals surface area contributed by atoms with E-state index in [1.807, 2.05) is 53.1 Å². The molecule has 0 aliphatic carbocycles. The van der Waals surface area contributed by atoms with E-state index in [-0.39, 0.29) is 18.5 Å². The zero-order valence-electron chi connectivity index (χ0n) is 14.1. The minimum Gasteiger partial charge on any atom is -0.483 e. The van der Waals surface area contributed by atoms with Crippen LogP contribution in [0.5, 0.6) is 5.75 Å². The van der Waals surface area contributed by atoms with E-state index in [2.05, 4.69) is 20.6 Å². The van der Waals surface area contributed by atoms with Crippen LogP contribution in [0.2, 0.25) is 0 Å². The quantitative estimate of drug-likeness (QED) is 0.660. The molecule has 1 aliphatic heterocycles. The summed E-state index contributed by atoms with van der Waals surface area (Å²) in [6, 6.07) is 15.3. The van der Waals surface area contributed by atoms with Gasteiger partial charge in [0.15, 0.2) is 18.7 Å². The van der Waals surface area contributed by atoms with Gasteiger partial charge in [-0.2, -0.15) is 0 Å². The zero-order chi connectivity index (χ0) is 18.1. The second-order valence-corrected chi connectivity index (χ2v) is 5.81. The average Bonchev–Trinajstić information content (AvgIpc) is 3.03. The first-order chi connectivity index (χ1) is 12.7. The molecule has 4 N–H and O–H groups in total. The highest BCUT2D eigenvalue weighted by Gasteiger charge is 2.27. The molecule has 0 saturated heterocycles. The van der Waals surface area contributed by atoms with Gasteiger partial charge in [-0.1, -0.05) is 30.3 Å². The molecular formula is C18H18N6O2. The van der Waals surface area contributed by atoms with Crippen molar-refractivity contribution in [3.8, 4) is 5.75 Å². The fourth-order valence-corrected chi connectivity index (χ4v) is 2.97. The number of nitrogens with two attached hydrogens (primary N) is 1. The Morgan fingerprint density at radius 2 is 2.04 bits per heavy atom. The molecule has 0 saturated carbocycles. The normalized spacial score (nSPS) is 15.7. The number of nitrogens with zero attached hydrogens (tertiary/aromatic N) is 3. The molecule has 1 amide bonds. The predicted molar refractivity (Wildman–Crippen MR) is 99.1 cm³/mol. The minimum absolute atomic E-state index is 0.0742. The lowest BCUT2D eigenvalue weighted by Gasteiger charge is -2.25. The van der Waals surface area contributed by atoms with Crippen molar-refractivity contribution in [3.05, 3.63) is 54.1 Å². The Bertz CT molecular complexity index is 1010. The summed E-state index contributed by atoms with van der Waals surface area (Å²) < 4.78 is 7.67. The maximum absolute atomic E-state index is 11.5. The van der Waals surface area contributed by atoms with Gasteiger partial charge in [0.1, 0.15) is 5.75 Å². The lowest BCUT2D eigenvalue weighted by molar-refractivity contribution is -0.122. The van der Waals surface area contributed by atoms with Crippen molar-refractivity contribution < 1.29 is 9.53 Å². The van der Waals surface area contributed by atoms with Crippen molar-refractivity contribution in [2.75, 3.05) is 19.0 Å². The molecular weight excluding hydrogens is 332 g/mol. The van der Waals surface area contributed by atoms with Gasteiger partial charge in [-0.3, -0.25) is 14.7 Å². The first-order valence-corrected chi connectivity index (χ1v) is 8.17. The monoisotopic (exact) mass is 350 g/mol. The predicted octanol–water partition coefficient (Wildman–Crippen LogP) is 1.45.